The third kappa shape index (κ3) is 3.49. The van der Waals surface area contributed by atoms with Crippen LogP contribution >= 0.6 is 0 Å². The largest absolute Gasteiger partial charge is 0.508 e. The summed E-state index contributed by atoms with van der Waals surface area (Å²) in [5, 5.41) is 45.6. The Kier molecular flexibility index (Phi) is 6.32. The lowest BCUT2D eigenvalue weighted by atomic mass is 9.57. The van der Waals surface area contributed by atoms with Crippen LogP contribution < -0.4 is 10.5 Å². The van der Waals surface area contributed by atoms with E-state index in [1.54, 1.807) is 14.1 Å². The minimum Gasteiger partial charge on any atom is -0.508 e. The molecule has 0 spiro atoms. The van der Waals surface area contributed by atoms with E-state index in [0.29, 0.717) is 30.0 Å². The van der Waals surface area contributed by atoms with E-state index in [1.807, 2.05) is 0 Å². The minimum atomic E-state index is -2.66. The van der Waals surface area contributed by atoms with Crippen LogP contribution in [0.25, 0.3) is 5.76 Å². The predicted molar refractivity (Wildman–Crippen MR) is 140 cm³/mol. The number of likely N-dealkylation sites (N-methyl/N-ethyl adjacent to an activating group) is 1. The molecule has 1 aliphatic heterocycles. The quantitative estimate of drug-likeness (QED) is 0.340. The minimum absolute atomic E-state index is 0.0335. The fourth-order valence-electron chi connectivity index (χ4n) is 7.07. The topological polar surface area (TPSA) is 174 Å². The molecule has 1 fully saturated rings. The highest BCUT2D eigenvalue weighted by atomic mass is 16.5. The van der Waals surface area contributed by atoms with E-state index in [-0.39, 0.29) is 35.8 Å². The van der Waals surface area contributed by atoms with Crippen molar-refractivity contribution in [3.63, 3.8) is 0 Å². The number of amides is 1. The van der Waals surface area contributed by atoms with Gasteiger partial charge in [0, 0.05) is 47.3 Å². The molecule has 4 aliphatic rings. The van der Waals surface area contributed by atoms with Gasteiger partial charge in [-0.25, -0.2) is 0 Å². The van der Waals surface area contributed by atoms with Crippen LogP contribution in [0, 0.1) is 11.8 Å². The van der Waals surface area contributed by atoms with Crippen molar-refractivity contribution >= 4 is 23.2 Å². The van der Waals surface area contributed by atoms with E-state index < -0.39 is 58.0 Å². The lowest BCUT2D eigenvalue weighted by Gasteiger charge is -2.50. The molecule has 1 amide bonds. The number of aromatic hydroxyl groups is 1. The Morgan fingerprint density at radius 1 is 1.18 bits per heavy atom. The van der Waals surface area contributed by atoms with E-state index in [0.717, 1.165) is 12.0 Å². The van der Waals surface area contributed by atoms with Gasteiger partial charge in [0.2, 0.25) is 5.78 Å². The average Bonchev–Trinajstić information content (AvgIpc) is 3.31. The van der Waals surface area contributed by atoms with Crippen LogP contribution in [0.4, 0.5) is 0 Å². The summed E-state index contributed by atoms with van der Waals surface area (Å²) in [6.07, 6.45) is 1.13. The number of phenols is 1. The number of rotatable bonds is 5. The third-order valence-corrected chi connectivity index (χ3v) is 9.19. The first-order chi connectivity index (χ1) is 18.3. The van der Waals surface area contributed by atoms with Crippen LogP contribution in [0.1, 0.15) is 48.9 Å². The van der Waals surface area contributed by atoms with Gasteiger partial charge in [0.05, 0.1) is 18.7 Å². The van der Waals surface area contributed by atoms with Gasteiger partial charge in [-0.05, 0) is 46.2 Å². The summed E-state index contributed by atoms with van der Waals surface area (Å²) < 4.78 is 5.82. The molecule has 5 atom stereocenters. The second-order valence-electron chi connectivity index (χ2n) is 11.3. The standard InChI is InChI=1S/C28H35N3O8/c1-6-11(2)31-9-14-15(10-31)24(39-5)13-7-12-8-16-20(30(3)4)23(34)19(27(29)37)26(36)28(16,38)25(35)17(12)22(33)18(13)21(14)32/h11-12,16,20,32-33,36,38H,6-10H2,1-5H3,(H2,29,37)/t11-,12+,16+,20+,28+/m1/s1. The van der Waals surface area contributed by atoms with Gasteiger partial charge in [0.25, 0.3) is 5.91 Å². The first-order valence-corrected chi connectivity index (χ1v) is 13.1. The monoisotopic (exact) mass is 541 g/mol. The highest BCUT2D eigenvalue weighted by molar-refractivity contribution is 6.24. The Morgan fingerprint density at radius 3 is 2.38 bits per heavy atom. The first kappa shape index (κ1) is 27.2. The van der Waals surface area contributed by atoms with Crippen LogP contribution in [0.3, 0.4) is 0 Å². The first-order valence-electron chi connectivity index (χ1n) is 13.1. The van der Waals surface area contributed by atoms with E-state index in [2.05, 4.69) is 18.7 Å². The fraction of sp³-hybridized carbons (Fsp3) is 0.536. The van der Waals surface area contributed by atoms with E-state index >= 15 is 0 Å². The number of aliphatic hydroxyl groups excluding tert-OH is 2. The van der Waals surface area contributed by atoms with Gasteiger partial charge in [-0.1, -0.05) is 6.92 Å². The number of nitrogens with zero attached hydrogens (tertiary/aromatic N) is 2. The summed E-state index contributed by atoms with van der Waals surface area (Å²) in [6.45, 7) is 5.16. The molecule has 11 nitrogen and oxygen atoms in total. The highest BCUT2D eigenvalue weighted by Crippen LogP contribution is 2.55. The number of ketones is 2. The summed E-state index contributed by atoms with van der Waals surface area (Å²) in [5.74, 6) is -6.06. The molecule has 1 aromatic carbocycles. The summed E-state index contributed by atoms with van der Waals surface area (Å²) >= 11 is 0. The van der Waals surface area contributed by atoms with Crippen LogP contribution in [-0.4, -0.2) is 86.6 Å². The van der Waals surface area contributed by atoms with Crippen molar-refractivity contribution in [2.24, 2.45) is 17.6 Å². The van der Waals surface area contributed by atoms with Gasteiger partial charge < -0.3 is 30.9 Å². The van der Waals surface area contributed by atoms with Gasteiger partial charge in [-0.3, -0.25) is 24.2 Å². The van der Waals surface area contributed by atoms with Crippen LogP contribution in [0.15, 0.2) is 16.9 Å². The number of methoxy groups -OCH3 is 1. The van der Waals surface area contributed by atoms with Crippen LogP contribution in [0.2, 0.25) is 0 Å². The van der Waals surface area contributed by atoms with Crippen molar-refractivity contribution in [2.45, 2.75) is 63.9 Å². The molecule has 210 valence electrons. The normalized spacial score (nSPS) is 29.3. The van der Waals surface area contributed by atoms with Crippen LogP contribution in [0.5, 0.6) is 11.5 Å². The third-order valence-electron chi connectivity index (χ3n) is 9.19. The molecule has 6 N–H and O–H groups in total. The number of primary amides is 1. The fourth-order valence-corrected chi connectivity index (χ4v) is 7.07. The number of hydrogen-bond acceptors (Lipinski definition) is 10. The van der Waals surface area contributed by atoms with E-state index in [1.165, 1.54) is 12.0 Å². The zero-order valence-electron chi connectivity index (χ0n) is 22.7. The maximum Gasteiger partial charge on any atom is 0.255 e. The Hall–Kier alpha value is -3.41. The molecular weight excluding hydrogens is 506 g/mol. The molecule has 0 saturated heterocycles. The molecule has 1 heterocycles. The number of aliphatic hydroxyl groups is 3. The number of nitrogens with two attached hydrogens (primary N) is 1. The second kappa shape index (κ2) is 9.07. The second-order valence-corrected chi connectivity index (χ2v) is 11.3. The summed E-state index contributed by atoms with van der Waals surface area (Å²) in [4.78, 5) is 43.0. The Bertz CT molecular complexity index is 1380. The molecule has 0 unspecified atom stereocenters. The number of phenolic OH excluding ortho intramolecular Hbond substituents is 1. The molecule has 39 heavy (non-hydrogen) atoms. The number of carbonyl (C=O) groups is 3. The zero-order valence-corrected chi connectivity index (χ0v) is 22.7. The van der Waals surface area contributed by atoms with Gasteiger partial charge in [-0.15, -0.1) is 0 Å². The molecule has 0 radical (unpaired) electrons. The average molecular weight is 542 g/mol. The summed E-state index contributed by atoms with van der Waals surface area (Å²) in [5.41, 5.74) is 3.76. The van der Waals surface area contributed by atoms with Crippen molar-refractivity contribution in [3.8, 4) is 11.5 Å². The van der Waals surface area contributed by atoms with Crippen molar-refractivity contribution in [2.75, 3.05) is 21.2 Å². The number of carbonyl (C=O) groups excluding carboxylic acids is 3. The summed E-state index contributed by atoms with van der Waals surface area (Å²) in [7, 11) is 4.66. The SMILES string of the molecule is CC[C@@H](C)N1Cc2c(O)c3c(c(OC)c2C1)C[C@H]1C[C@H]2[C@H](N(C)C)C(=O)C(C(N)=O)=C(O)[C@@]2(O)C(=O)C1=C3O. The lowest BCUT2D eigenvalue weighted by molar-refractivity contribution is -0.153. The molecule has 11 heteroatoms. The lowest BCUT2D eigenvalue weighted by Crippen LogP contribution is -2.65. The number of fused-ring (bicyclic) bond motifs is 4. The molecule has 0 aromatic heterocycles. The number of Topliss-reactive ketones (excluding diaryl/α,β-unsaturated/α-hetero) is 2. The summed E-state index contributed by atoms with van der Waals surface area (Å²) in [6, 6.07) is -0.886. The van der Waals surface area contributed by atoms with Crippen molar-refractivity contribution in [1.82, 2.24) is 9.80 Å². The van der Waals surface area contributed by atoms with Crippen molar-refractivity contribution in [1.29, 1.82) is 0 Å². The van der Waals surface area contributed by atoms with Gasteiger partial charge >= 0.3 is 0 Å². The maximum absolute atomic E-state index is 14.0. The van der Waals surface area contributed by atoms with Crippen LogP contribution in [-0.2, 0) is 33.9 Å². The van der Waals surface area contributed by atoms with Gasteiger partial charge in [-0.2, -0.15) is 0 Å². The van der Waals surface area contributed by atoms with E-state index in [9.17, 15) is 34.8 Å². The Balaban J connectivity index is 1.72. The van der Waals surface area contributed by atoms with E-state index in [4.69, 9.17) is 10.5 Å². The van der Waals surface area contributed by atoms with Crippen molar-refractivity contribution in [3.05, 3.63) is 39.2 Å². The molecule has 0 bridgehead atoms. The smallest absolute Gasteiger partial charge is 0.255 e. The molecule has 1 saturated carbocycles. The predicted octanol–water partition coefficient (Wildman–Crippen LogP) is 1.09. The molecule has 1 aromatic rings. The Morgan fingerprint density at radius 2 is 1.82 bits per heavy atom. The number of hydrogen-bond donors (Lipinski definition) is 5. The highest BCUT2D eigenvalue weighted by Gasteiger charge is 2.64. The number of ether oxygens (including phenoxy) is 1. The van der Waals surface area contributed by atoms with Gasteiger partial charge in [0.1, 0.15) is 28.6 Å². The van der Waals surface area contributed by atoms with Gasteiger partial charge in [0.15, 0.2) is 11.4 Å². The Labute approximate surface area is 226 Å². The molecule has 3 aliphatic carbocycles. The number of benzene rings is 1. The zero-order chi connectivity index (χ0) is 28.7. The molecular formula is C28H35N3O8. The van der Waals surface area contributed by atoms with Crippen molar-refractivity contribution < 1.29 is 39.5 Å². The maximum atomic E-state index is 14.0. The molecule has 5 rings (SSSR count).